The number of hydrogen-bond donors (Lipinski definition) is 3. The lowest BCUT2D eigenvalue weighted by molar-refractivity contribution is -0.133. The van der Waals surface area contributed by atoms with Gasteiger partial charge in [-0.1, -0.05) is 18.2 Å². The molecule has 1 unspecified atom stereocenters. The van der Waals surface area contributed by atoms with Crippen LogP contribution in [-0.2, 0) is 16.1 Å². The van der Waals surface area contributed by atoms with Gasteiger partial charge >= 0.3 is 0 Å². The molecule has 7 rings (SSSR count). The summed E-state index contributed by atoms with van der Waals surface area (Å²) in [5, 5.41) is 8.37. The Kier molecular flexibility index (Phi) is 12.2. The number of halogens is 2. The number of amides is 3. The van der Waals surface area contributed by atoms with Crippen LogP contribution in [0, 0.1) is 5.92 Å². The molecule has 56 heavy (non-hydrogen) atoms. The highest BCUT2D eigenvalue weighted by molar-refractivity contribution is 6.06. The number of anilines is 2. The van der Waals surface area contributed by atoms with E-state index in [1.165, 1.54) is 23.8 Å². The van der Waals surface area contributed by atoms with Gasteiger partial charge in [-0.05, 0) is 115 Å². The summed E-state index contributed by atoms with van der Waals surface area (Å²) in [6, 6.07) is 14.3. The predicted octanol–water partition coefficient (Wildman–Crippen LogP) is 6.79. The number of piperidine rings is 2. The number of imide groups is 1. The van der Waals surface area contributed by atoms with Gasteiger partial charge in [0.15, 0.2) is 0 Å². The Morgan fingerprint density at radius 3 is 2.48 bits per heavy atom. The monoisotopic (exact) mass is 770 g/mol. The summed E-state index contributed by atoms with van der Waals surface area (Å²) >= 11 is 0. The Bertz CT molecular complexity index is 2020. The second-order valence-corrected chi connectivity index (χ2v) is 15.9. The second kappa shape index (κ2) is 17.5. The smallest absolute Gasteiger partial charge is 0.280 e. The van der Waals surface area contributed by atoms with E-state index < -0.39 is 18.0 Å². The molecular weight excluding hydrogens is 719 g/mol. The van der Waals surface area contributed by atoms with Crippen molar-refractivity contribution in [3.8, 4) is 5.75 Å². The zero-order valence-electron chi connectivity index (χ0n) is 32.3. The Labute approximate surface area is 326 Å². The van der Waals surface area contributed by atoms with Crippen molar-refractivity contribution in [3.05, 3.63) is 83.4 Å². The number of aromatic nitrogens is 3. The average Bonchev–Trinajstić information content (AvgIpc) is 3.59. The summed E-state index contributed by atoms with van der Waals surface area (Å²) < 4.78 is 34.3. The molecule has 1 atom stereocenters. The van der Waals surface area contributed by atoms with Gasteiger partial charge in [0.05, 0.1) is 17.4 Å². The number of rotatable bonds is 13. The first kappa shape index (κ1) is 39.3. The number of carbonyl (C=O) groups excluding carboxylic acids is 3. The van der Waals surface area contributed by atoms with Gasteiger partial charge in [-0.3, -0.25) is 24.6 Å². The standard InChI is InChI=1S/C42H52F2N8O4/c1-26(2)56-36-21-38-47-35(25-52(38)24-32(36)41(54)48-37-9-5-8-33(46-37)40(43)44)29-12-10-27(11-13-29)22-50(3)31-16-18-51(19-17-31)23-28-6-4-7-30(20-28)45-34-14-15-39(53)49-42(34)55/h4-9,20-21,24-27,29,31,34,40,45H,10-19,22-23H2,1-3H3,(H,46,48,54)(H,49,53,55). The zero-order valence-corrected chi connectivity index (χ0v) is 32.3. The quantitative estimate of drug-likeness (QED) is 0.126. The highest BCUT2D eigenvalue weighted by Gasteiger charge is 2.30. The first-order valence-corrected chi connectivity index (χ1v) is 19.8. The van der Waals surface area contributed by atoms with Crippen molar-refractivity contribution < 1.29 is 27.9 Å². The first-order chi connectivity index (χ1) is 27.0. The maximum atomic E-state index is 13.4. The third-order valence-corrected chi connectivity index (χ3v) is 11.3. The highest BCUT2D eigenvalue weighted by atomic mass is 19.3. The van der Waals surface area contributed by atoms with Gasteiger partial charge in [0, 0.05) is 55.6 Å². The van der Waals surface area contributed by atoms with Crippen molar-refractivity contribution >= 4 is 34.9 Å². The van der Waals surface area contributed by atoms with Crippen LogP contribution < -0.4 is 20.7 Å². The van der Waals surface area contributed by atoms with Crippen LogP contribution >= 0.6 is 0 Å². The largest absolute Gasteiger partial charge is 0.490 e. The fraction of sp³-hybridized carbons (Fsp3) is 0.500. The summed E-state index contributed by atoms with van der Waals surface area (Å²) in [7, 11) is 2.27. The number of nitrogens with zero attached hydrogens (tertiary/aromatic N) is 5. The van der Waals surface area contributed by atoms with Crippen LogP contribution in [0.1, 0.15) is 105 Å². The van der Waals surface area contributed by atoms with Crippen molar-refractivity contribution in [1.29, 1.82) is 0 Å². The molecule has 0 bridgehead atoms. The SMILES string of the molecule is CC(C)Oc1cc2nc(C3CCC(CN(C)C4CCN(Cc5cccc(NC6CCC(=O)NC6=O)c5)CC4)CC3)cn2cc1C(=O)Nc1cccc(C(F)F)n1. The molecule has 5 heterocycles. The third-order valence-electron chi connectivity index (χ3n) is 11.3. The number of pyridine rings is 2. The highest BCUT2D eigenvalue weighted by Crippen LogP contribution is 2.37. The summed E-state index contributed by atoms with van der Waals surface area (Å²) in [6.45, 7) is 7.78. The third kappa shape index (κ3) is 9.70. The minimum atomic E-state index is -2.74. The summed E-state index contributed by atoms with van der Waals surface area (Å²) in [5.74, 6) is 0.401. The number of benzene rings is 1. The first-order valence-electron chi connectivity index (χ1n) is 19.8. The maximum absolute atomic E-state index is 13.4. The van der Waals surface area contributed by atoms with Gasteiger partial charge < -0.3 is 24.7 Å². The van der Waals surface area contributed by atoms with E-state index in [4.69, 9.17) is 9.72 Å². The van der Waals surface area contributed by atoms with Gasteiger partial charge in [0.1, 0.15) is 29.0 Å². The van der Waals surface area contributed by atoms with Crippen LogP contribution in [0.2, 0.25) is 0 Å². The van der Waals surface area contributed by atoms with E-state index >= 15 is 0 Å². The fourth-order valence-electron chi connectivity index (χ4n) is 8.35. The van der Waals surface area contributed by atoms with Crippen molar-refractivity contribution in [1.82, 2.24) is 29.5 Å². The van der Waals surface area contributed by atoms with E-state index in [0.717, 1.165) is 76.1 Å². The van der Waals surface area contributed by atoms with Crippen LogP contribution in [0.15, 0.2) is 60.9 Å². The molecular formula is C42H52F2N8O4. The Morgan fingerprint density at radius 2 is 1.75 bits per heavy atom. The second-order valence-electron chi connectivity index (χ2n) is 15.9. The van der Waals surface area contributed by atoms with Crippen LogP contribution in [0.5, 0.6) is 5.75 Å². The maximum Gasteiger partial charge on any atom is 0.280 e. The fourth-order valence-corrected chi connectivity index (χ4v) is 8.35. The molecule has 1 saturated carbocycles. The zero-order chi connectivity index (χ0) is 39.3. The number of alkyl halides is 2. The molecule has 3 fully saturated rings. The van der Waals surface area contributed by atoms with Crippen LogP contribution in [0.3, 0.4) is 0 Å². The van der Waals surface area contributed by atoms with Crippen molar-refractivity contribution in [2.75, 3.05) is 37.3 Å². The summed E-state index contributed by atoms with van der Waals surface area (Å²) in [4.78, 5) is 51.0. The molecule has 298 valence electrons. The molecule has 2 aliphatic heterocycles. The lowest BCUT2D eigenvalue weighted by atomic mass is 9.80. The summed E-state index contributed by atoms with van der Waals surface area (Å²) in [5.41, 5.74) is 3.67. The Morgan fingerprint density at radius 1 is 0.982 bits per heavy atom. The number of nitrogens with one attached hydrogen (secondary N) is 3. The van der Waals surface area contributed by atoms with E-state index in [1.54, 1.807) is 12.3 Å². The van der Waals surface area contributed by atoms with Crippen LogP contribution in [-0.4, -0.2) is 86.8 Å². The van der Waals surface area contributed by atoms with Gasteiger partial charge in [0.25, 0.3) is 12.3 Å². The van der Waals surface area contributed by atoms with Gasteiger partial charge in [-0.2, -0.15) is 0 Å². The van der Waals surface area contributed by atoms with E-state index in [1.807, 2.05) is 36.6 Å². The molecule has 1 aliphatic carbocycles. The van der Waals surface area contributed by atoms with Gasteiger partial charge in [0.2, 0.25) is 11.8 Å². The van der Waals surface area contributed by atoms with E-state index in [0.29, 0.717) is 42.1 Å². The van der Waals surface area contributed by atoms with Crippen LogP contribution in [0.25, 0.3) is 5.65 Å². The van der Waals surface area contributed by atoms with Gasteiger partial charge in [-0.15, -0.1) is 0 Å². The van der Waals surface area contributed by atoms with E-state index in [-0.39, 0.29) is 35.3 Å². The molecule has 2 saturated heterocycles. The Hall–Kier alpha value is -4.95. The molecule has 14 heteroatoms. The number of imidazole rings is 1. The minimum absolute atomic E-state index is 0.0451. The van der Waals surface area contributed by atoms with Crippen molar-refractivity contribution in [2.24, 2.45) is 5.92 Å². The predicted molar refractivity (Wildman–Crippen MR) is 210 cm³/mol. The van der Waals surface area contributed by atoms with Crippen LogP contribution in [0.4, 0.5) is 20.3 Å². The molecule has 3 amide bonds. The molecule has 1 aromatic carbocycles. The van der Waals surface area contributed by atoms with E-state index in [9.17, 15) is 23.2 Å². The molecule has 3 aliphatic rings. The van der Waals surface area contributed by atoms with Crippen molar-refractivity contribution in [3.63, 3.8) is 0 Å². The minimum Gasteiger partial charge on any atom is -0.490 e. The molecule has 12 nitrogen and oxygen atoms in total. The summed E-state index contributed by atoms with van der Waals surface area (Å²) in [6.07, 6.45) is 8.23. The molecule has 3 aromatic heterocycles. The Balaban J connectivity index is 0.894. The molecule has 0 spiro atoms. The number of likely N-dealkylation sites (tertiary alicyclic amines) is 1. The topological polar surface area (TPSA) is 133 Å². The lowest BCUT2D eigenvalue weighted by Crippen LogP contribution is -2.47. The molecule has 3 N–H and O–H groups in total. The normalized spacial score (nSPS) is 21.2. The number of carbonyl (C=O) groups is 3. The lowest BCUT2D eigenvalue weighted by Gasteiger charge is -2.39. The average molecular weight is 771 g/mol. The molecule has 0 radical (unpaired) electrons. The molecule has 4 aromatic rings. The van der Waals surface area contributed by atoms with E-state index in [2.05, 4.69) is 49.9 Å². The number of fused-ring (bicyclic) bond motifs is 1. The number of ether oxygens (including phenoxy) is 1. The van der Waals surface area contributed by atoms with Gasteiger partial charge in [-0.25, -0.2) is 18.7 Å². The number of hydrogen-bond acceptors (Lipinski definition) is 9. The van der Waals surface area contributed by atoms with Crippen molar-refractivity contribution in [2.45, 2.75) is 102 Å².